The molecule has 102 valence electrons. The number of hydrogen-bond donors (Lipinski definition) is 0. The number of methoxy groups -OCH3 is 2. The maximum absolute atomic E-state index is 5.71. The molecule has 0 saturated heterocycles. The van der Waals surface area contributed by atoms with Crippen LogP contribution >= 0.6 is 11.6 Å². The Bertz CT molecular complexity index is 322. The molecule has 0 aliphatic heterocycles. The molecule has 1 rings (SSSR count). The van der Waals surface area contributed by atoms with Crippen molar-refractivity contribution in [1.82, 2.24) is 15.1 Å². The molecule has 6 heteroatoms. The molecule has 0 bridgehead atoms. The maximum Gasteiger partial charge on any atom is 0.151 e. The van der Waals surface area contributed by atoms with Crippen molar-refractivity contribution in [3.8, 4) is 0 Å². The minimum Gasteiger partial charge on any atom is -0.385 e. The zero-order chi connectivity index (χ0) is 13.2. The summed E-state index contributed by atoms with van der Waals surface area (Å²) in [5, 5.41) is 8.32. The van der Waals surface area contributed by atoms with E-state index in [0.29, 0.717) is 11.8 Å². The summed E-state index contributed by atoms with van der Waals surface area (Å²) in [4.78, 5) is 2.26. The van der Waals surface area contributed by atoms with E-state index >= 15 is 0 Å². The Labute approximate surface area is 113 Å². The van der Waals surface area contributed by atoms with Crippen LogP contribution in [0.1, 0.15) is 12.1 Å². The summed E-state index contributed by atoms with van der Waals surface area (Å²) >= 11 is 5.71. The van der Waals surface area contributed by atoms with E-state index in [9.17, 15) is 0 Å². The Hall–Kier alpha value is -0.750. The van der Waals surface area contributed by atoms with Gasteiger partial charge in [-0.1, -0.05) is 11.6 Å². The standard InChI is InChI=1S/C12H20ClN3O2/c1-17-8-3-6-16(7-9-18-2)10-11-4-5-12(13)15-14-11/h4-5H,3,6-10H2,1-2H3. The predicted octanol–water partition coefficient (Wildman–Crippen LogP) is 1.61. The third-order valence-corrected chi connectivity index (χ3v) is 2.71. The number of halogens is 1. The molecule has 5 nitrogen and oxygen atoms in total. The second-order valence-corrected chi connectivity index (χ2v) is 4.35. The Balaban J connectivity index is 2.45. The van der Waals surface area contributed by atoms with Crippen LogP contribution in [0.15, 0.2) is 12.1 Å². The fraction of sp³-hybridized carbons (Fsp3) is 0.667. The van der Waals surface area contributed by atoms with Crippen LogP contribution in [0, 0.1) is 0 Å². The summed E-state index contributed by atoms with van der Waals surface area (Å²) in [6, 6.07) is 3.65. The van der Waals surface area contributed by atoms with E-state index in [1.54, 1.807) is 20.3 Å². The highest BCUT2D eigenvalue weighted by Crippen LogP contribution is 2.05. The second kappa shape index (κ2) is 9.22. The lowest BCUT2D eigenvalue weighted by atomic mass is 10.3. The zero-order valence-corrected chi connectivity index (χ0v) is 11.7. The van der Waals surface area contributed by atoms with Gasteiger partial charge < -0.3 is 9.47 Å². The van der Waals surface area contributed by atoms with Crippen LogP contribution in [-0.4, -0.2) is 55.6 Å². The number of hydrogen-bond acceptors (Lipinski definition) is 5. The van der Waals surface area contributed by atoms with Crippen LogP contribution in [0.3, 0.4) is 0 Å². The minimum atomic E-state index is 0.418. The molecule has 0 saturated carbocycles. The van der Waals surface area contributed by atoms with Gasteiger partial charge in [0, 0.05) is 40.5 Å². The molecule has 0 radical (unpaired) electrons. The van der Waals surface area contributed by atoms with Gasteiger partial charge in [0.25, 0.3) is 0 Å². The lowest BCUT2D eigenvalue weighted by Gasteiger charge is -2.21. The summed E-state index contributed by atoms with van der Waals surface area (Å²) in [5.74, 6) is 0. The fourth-order valence-corrected chi connectivity index (χ4v) is 1.68. The molecule has 0 fully saturated rings. The van der Waals surface area contributed by atoms with Gasteiger partial charge >= 0.3 is 0 Å². The molecule has 0 aliphatic carbocycles. The first-order valence-corrected chi connectivity index (χ1v) is 6.32. The first-order valence-electron chi connectivity index (χ1n) is 5.94. The van der Waals surface area contributed by atoms with E-state index < -0.39 is 0 Å². The van der Waals surface area contributed by atoms with Crippen molar-refractivity contribution in [3.63, 3.8) is 0 Å². The fourth-order valence-electron chi connectivity index (χ4n) is 1.58. The van der Waals surface area contributed by atoms with Gasteiger partial charge in [0.15, 0.2) is 5.15 Å². The molecule has 0 atom stereocenters. The predicted molar refractivity (Wildman–Crippen MR) is 70.7 cm³/mol. The first kappa shape index (κ1) is 15.3. The van der Waals surface area contributed by atoms with E-state index in [2.05, 4.69) is 15.1 Å². The average Bonchev–Trinajstić information content (AvgIpc) is 2.38. The van der Waals surface area contributed by atoms with Crippen LogP contribution in [0.4, 0.5) is 0 Å². The number of rotatable bonds is 9. The lowest BCUT2D eigenvalue weighted by molar-refractivity contribution is 0.128. The van der Waals surface area contributed by atoms with Crippen LogP contribution in [0.2, 0.25) is 5.15 Å². The largest absolute Gasteiger partial charge is 0.385 e. The Morgan fingerprint density at radius 2 is 1.89 bits per heavy atom. The summed E-state index contributed by atoms with van der Waals surface area (Å²) in [6.45, 7) is 4.02. The van der Waals surface area contributed by atoms with E-state index in [1.165, 1.54) is 0 Å². The topological polar surface area (TPSA) is 47.5 Å². The minimum absolute atomic E-state index is 0.418. The normalized spacial score (nSPS) is 11.1. The van der Waals surface area contributed by atoms with Crippen molar-refractivity contribution in [2.75, 3.05) is 40.5 Å². The number of aromatic nitrogens is 2. The molecule has 0 aromatic carbocycles. The van der Waals surface area contributed by atoms with Crippen LogP contribution < -0.4 is 0 Å². The monoisotopic (exact) mass is 273 g/mol. The third kappa shape index (κ3) is 6.26. The van der Waals surface area contributed by atoms with Crippen LogP contribution in [0.25, 0.3) is 0 Å². The summed E-state index contributed by atoms with van der Waals surface area (Å²) in [6.07, 6.45) is 0.987. The Morgan fingerprint density at radius 3 is 2.50 bits per heavy atom. The van der Waals surface area contributed by atoms with Crippen molar-refractivity contribution >= 4 is 11.6 Å². The van der Waals surface area contributed by atoms with Gasteiger partial charge in [-0.3, -0.25) is 4.90 Å². The molecule has 1 aromatic heterocycles. The van der Waals surface area contributed by atoms with Gasteiger partial charge in [-0.05, 0) is 18.6 Å². The van der Waals surface area contributed by atoms with Crippen LogP contribution in [0.5, 0.6) is 0 Å². The van der Waals surface area contributed by atoms with Gasteiger partial charge in [-0.25, -0.2) is 0 Å². The summed E-state index contributed by atoms with van der Waals surface area (Å²) < 4.78 is 10.2. The van der Waals surface area contributed by atoms with E-state index in [-0.39, 0.29) is 0 Å². The quantitative estimate of drug-likeness (QED) is 0.640. The second-order valence-electron chi connectivity index (χ2n) is 3.96. The molecule has 0 N–H and O–H groups in total. The van der Waals surface area contributed by atoms with Gasteiger partial charge in [-0.15, -0.1) is 5.10 Å². The summed E-state index contributed by atoms with van der Waals surface area (Å²) in [5.41, 5.74) is 0.910. The van der Waals surface area contributed by atoms with Gasteiger partial charge in [0.05, 0.1) is 12.3 Å². The van der Waals surface area contributed by atoms with Gasteiger partial charge in [-0.2, -0.15) is 5.10 Å². The van der Waals surface area contributed by atoms with Crippen molar-refractivity contribution in [3.05, 3.63) is 23.0 Å². The zero-order valence-electron chi connectivity index (χ0n) is 10.9. The Morgan fingerprint density at radius 1 is 1.11 bits per heavy atom. The molecular formula is C12H20ClN3O2. The number of ether oxygens (including phenoxy) is 2. The van der Waals surface area contributed by atoms with Crippen molar-refractivity contribution in [2.45, 2.75) is 13.0 Å². The van der Waals surface area contributed by atoms with E-state index in [1.807, 2.05) is 6.07 Å². The average molecular weight is 274 g/mol. The third-order valence-electron chi connectivity index (χ3n) is 2.51. The highest BCUT2D eigenvalue weighted by Gasteiger charge is 2.07. The van der Waals surface area contributed by atoms with Crippen molar-refractivity contribution in [2.24, 2.45) is 0 Å². The first-order chi connectivity index (χ1) is 8.76. The molecular weight excluding hydrogens is 254 g/mol. The summed E-state index contributed by atoms with van der Waals surface area (Å²) in [7, 11) is 3.42. The molecule has 0 unspecified atom stereocenters. The molecule has 18 heavy (non-hydrogen) atoms. The molecule has 0 amide bonds. The van der Waals surface area contributed by atoms with Crippen molar-refractivity contribution < 1.29 is 9.47 Å². The van der Waals surface area contributed by atoms with E-state index in [4.69, 9.17) is 21.1 Å². The van der Waals surface area contributed by atoms with Gasteiger partial charge in [0.1, 0.15) is 0 Å². The molecule has 1 heterocycles. The highest BCUT2D eigenvalue weighted by atomic mass is 35.5. The van der Waals surface area contributed by atoms with Crippen molar-refractivity contribution in [1.29, 1.82) is 0 Å². The maximum atomic E-state index is 5.71. The van der Waals surface area contributed by atoms with Crippen LogP contribution in [-0.2, 0) is 16.0 Å². The smallest absolute Gasteiger partial charge is 0.151 e. The Kier molecular flexibility index (Phi) is 7.84. The highest BCUT2D eigenvalue weighted by molar-refractivity contribution is 6.29. The molecule has 0 spiro atoms. The van der Waals surface area contributed by atoms with Gasteiger partial charge in [0.2, 0.25) is 0 Å². The number of nitrogens with zero attached hydrogens (tertiary/aromatic N) is 3. The molecule has 0 aliphatic rings. The SMILES string of the molecule is COCCCN(CCOC)Cc1ccc(Cl)nn1. The molecule has 1 aromatic rings. The lowest BCUT2D eigenvalue weighted by Crippen LogP contribution is -2.29. The van der Waals surface area contributed by atoms with E-state index in [0.717, 1.165) is 38.4 Å².